The summed E-state index contributed by atoms with van der Waals surface area (Å²) in [6.45, 7) is 7.75. The van der Waals surface area contributed by atoms with Crippen molar-refractivity contribution in [3.05, 3.63) is 12.2 Å². The quantitative estimate of drug-likeness (QED) is 0.473. The highest BCUT2D eigenvalue weighted by Crippen LogP contribution is 2.07. The smallest absolute Gasteiger partial charge is 0.0480 e. The fourth-order valence-electron chi connectivity index (χ4n) is 0.533. The van der Waals surface area contributed by atoms with E-state index in [0.29, 0.717) is 6.54 Å². The van der Waals surface area contributed by atoms with E-state index in [2.05, 4.69) is 25.7 Å². The van der Waals surface area contributed by atoms with Crippen LogP contribution in [0.4, 0.5) is 0 Å². The van der Waals surface area contributed by atoms with E-state index in [4.69, 9.17) is 5.73 Å². The molecule has 0 aliphatic carbocycles. The molecular formula is C7H17NSi. The van der Waals surface area contributed by atoms with E-state index in [-0.39, 0.29) is 0 Å². The van der Waals surface area contributed by atoms with E-state index < -0.39 is 8.07 Å². The first-order chi connectivity index (χ1) is 4.06. The molecule has 0 bridgehead atoms. The van der Waals surface area contributed by atoms with Gasteiger partial charge in [0.15, 0.2) is 0 Å². The molecule has 2 heteroatoms. The second-order valence-electron chi connectivity index (χ2n) is 3.47. The van der Waals surface area contributed by atoms with Crippen LogP contribution in [0.25, 0.3) is 0 Å². The Morgan fingerprint density at radius 3 is 2.11 bits per heavy atom. The second kappa shape index (κ2) is 3.85. The summed E-state index contributed by atoms with van der Waals surface area (Å²) in [6, 6.07) is 1.25. The minimum absolute atomic E-state index is 0.685. The Labute approximate surface area is 59.0 Å². The molecule has 0 atom stereocenters. The second-order valence-corrected chi connectivity index (χ2v) is 9.00. The van der Waals surface area contributed by atoms with E-state index in [9.17, 15) is 0 Å². The number of allylic oxidation sites excluding steroid dienone is 1. The molecule has 0 radical (unpaired) electrons. The molecule has 0 aromatic carbocycles. The molecule has 0 aromatic heterocycles. The molecule has 0 fully saturated rings. The maximum absolute atomic E-state index is 5.29. The number of hydrogen-bond donors (Lipinski definition) is 1. The van der Waals surface area contributed by atoms with Crippen LogP contribution in [-0.4, -0.2) is 14.6 Å². The van der Waals surface area contributed by atoms with Crippen LogP contribution in [0.15, 0.2) is 12.2 Å². The molecule has 2 N–H and O–H groups in total. The van der Waals surface area contributed by atoms with Gasteiger partial charge in [-0.1, -0.05) is 31.8 Å². The summed E-state index contributed by atoms with van der Waals surface area (Å²) in [4.78, 5) is 0. The van der Waals surface area contributed by atoms with Crippen LogP contribution in [0.3, 0.4) is 0 Å². The zero-order valence-electron chi connectivity index (χ0n) is 6.65. The van der Waals surface area contributed by atoms with Gasteiger partial charge in [-0.05, 0) is 6.04 Å². The van der Waals surface area contributed by atoms with Gasteiger partial charge in [0.05, 0.1) is 0 Å². The summed E-state index contributed by atoms with van der Waals surface area (Å²) in [6.07, 6.45) is 4.24. The summed E-state index contributed by atoms with van der Waals surface area (Å²) in [7, 11) is -0.837. The van der Waals surface area contributed by atoms with E-state index in [1.165, 1.54) is 6.04 Å². The SMILES string of the molecule is C[Si](C)(C)C/C=C/CN. The van der Waals surface area contributed by atoms with Crippen molar-refractivity contribution in [2.75, 3.05) is 6.54 Å². The monoisotopic (exact) mass is 143 g/mol. The predicted octanol–water partition coefficient (Wildman–Crippen LogP) is 1.84. The van der Waals surface area contributed by atoms with Gasteiger partial charge in [-0.15, -0.1) is 0 Å². The van der Waals surface area contributed by atoms with Crippen molar-refractivity contribution in [1.82, 2.24) is 0 Å². The number of hydrogen-bond acceptors (Lipinski definition) is 1. The molecule has 0 spiro atoms. The van der Waals surface area contributed by atoms with E-state index in [0.717, 1.165) is 0 Å². The summed E-state index contributed by atoms with van der Waals surface area (Å²) >= 11 is 0. The highest BCUT2D eigenvalue weighted by atomic mass is 28.3. The van der Waals surface area contributed by atoms with Crippen LogP contribution in [0.5, 0.6) is 0 Å². The van der Waals surface area contributed by atoms with E-state index in [1.54, 1.807) is 0 Å². The zero-order valence-corrected chi connectivity index (χ0v) is 7.65. The maximum atomic E-state index is 5.29. The predicted molar refractivity (Wildman–Crippen MR) is 46.3 cm³/mol. The minimum Gasteiger partial charge on any atom is -0.327 e. The molecule has 1 nitrogen and oxygen atoms in total. The van der Waals surface area contributed by atoms with Crippen LogP contribution in [0, 0.1) is 0 Å². The lowest BCUT2D eigenvalue weighted by atomic mass is 10.5. The van der Waals surface area contributed by atoms with E-state index >= 15 is 0 Å². The standard InChI is InChI=1S/C7H17NSi/c1-9(2,3)7-5-4-6-8/h4-5H,6-8H2,1-3H3/b5-4+. The Morgan fingerprint density at radius 2 is 1.78 bits per heavy atom. The summed E-state index contributed by atoms with van der Waals surface area (Å²) in [5.41, 5.74) is 5.29. The van der Waals surface area contributed by atoms with Crippen molar-refractivity contribution in [1.29, 1.82) is 0 Å². The lowest BCUT2D eigenvalue weighted by molar-refractivity contribution is 1.24. The van der Waals surface area contributed by atoms with Gasteiger partial charge in [0, 0.05) is 14.6 Å². The van der Waals surface area contributed by atoms with Crippen molar-refractivity contribution >= 4 is 8.07 Å². The molecule has 0 aliphatic heterocycles. The minimum atomic E-state index is -0.837. The highest BCUT2D eigenvalue weighted by Gasteiger charge is 2.08. The maximum Gasteiger partial charge on any atom is 0.0480 e. The highest BCUT2D eigenvalue weighted by molar-refractivity contribution is 6.76. The van der Waals surface area contributed by atoms with Gasteiger partial charge >= 0.3 is 0 Å². The molecule has 0 saturated carbocycles. The van der Waals surface area contributed by atoms with Crippen LogP contribution < -0.4 is 5.73 Å². The Hall–Kier alpha value is -0.0831. The fraction of sp³-hybridized carbons (Fsp3) is 0.714. The Balaban J connectivity index is 3.38. The lowest BCUT2D eigenvalue weighted by Gasteiger charge is -2.11. The van der Waals surface area contributed by atoms with Gasteiger partial charge in [0.2, 0.25) is 0 Å². The first-order valence-electron chi connectivity index (χ1n) is 3.41. The van der Waals surface area contributed by atoms with Gasteiger partial charge in [0.1, 0.15) is 0 Å². The molecule has 0 amide bonds. The third-order valence-corrected chi connectivity index (χ3v) is 2.49. The fourth-order valence-corrected chi connectivity index (χ4v) is 1.41. The van der Waals surface area contributed by atoms with Crippen molar-refractivity contribution in [3.8, 4) is 0 Å². The summed E-state index contributed by atoms with van der Waals surface area (Å²) < 4.78 is 0. The average molecular weight is 143 g/mol. The Bertz CT molecular complexity index is 91.6. The van der Waals surface area contributed by atoms with Crippen LogP contribution in [-0.2, 0) is 0 Å². The number of nitrogens with two attached hydrogens (primary N) is 1. The number of rotatable bonds is 3. The molecule has 0 rings (SSSR count). The van der Waals surface area contributed by atoms with E-state index in [1.807, 2.05) is 6.08 Å². The van der Waals surface area contributed by atoms with Gasteiger partial charge in [-0.3, -0.25) is 0 Å². The topological polar surface area (TPSA) is 26.0 Å². The van der Waals surface area contributed by atoms with Gasteiger partial charge < -0.3 is 5.73 Å². The molecular weight excluding hydrogens is 126 g/mol. The van der Waals surface area contributed by atoms with Crippen molar-refractivity contribution in [3.63, 3.8) is 0 Å². The Morgan fingerprint density at radius 1 is 1.22 bits per heavy atom. The average Bonchev–Trinajstić information content (AvgIpc) is 1.63. The van der Waals surface area contributed by atoms with Gasteiger partial charge in [-0.2, -0.15) is 0 Å². The normalized spacial score (nSPS) is 12.9. The summed E-state index contributed by atoms with van der Waals surface area (Å²) in [5.74, 6) is 0. The largest absolute Gasteiger partial charge is 0.327 e. The first-order valence-corrected chi connectivity index (χ1v) is 7.12. The van der Waals surface area contributed by atoms with Crippen LogP contribution >= 0.6 is 0 Å². The van der Waals surface area contributed by atoms with Crippen molar-refractivity contribution < 1.29 is 0 Å². The van der Waals surface area contributed by atoms with Crippen molar-refractivity contribution in [2.24, 2.45) is 5.73 Å². The van der Waals surface area contributed by atoms with Gasteiger partial charge in [-0.25, -0.2) is 0 Å². The van der Waals surface area contributed by atoms with Crippen molar-refractivity contribution in [2.45, 2.75) is 25.7 Å². The summed E-state index contributed by atoms with van der Waals surface area (Å²) in [5, 5.41) is 0. The third kappa shape index (κ3) is 7.92. The zero-order chi connectivity index (χ0) is 7.33. The molecule has 0 heterocycles. The van der Waals surface area contributed by atoms with Crippen LogP contribution in [0.2, 0.25) is 25.7 Å². The Kier molecular flexibility index (Phi) is 3.82. The lowest BCUT2D eigenvalue weighted by Crippen LogP contribution is -2.17. The molecule has 9 heavy (non-hydrogen) atoms. The van der Waals surface area contributed by atoms with Gasteiger partial charge in [0.25, 0.3) is 0 Å². The molecule has 0 aliphatic rings. The molecule has 0 saturated heterocycles. The van der Waals surface area contributed by atoms with Crippen LogP contribution in [0.1, 0.15) is 0 Å². The first kappa shape index (κ1) is 8.92. The molecule has 54 valence electrons. The molecule has 0 aromatic rings. The third-order valence-electron chi connectivity index (χ3n) is 1.03. The molecule has 0 unspecified atom stereocenters.